The quantitative estimate of drug-likeness (QED) is 0.874. The average molecular weight is 338 g/mol. The van der Waals surface area contributed by atoms with E-state index in [-0.39, 0.29) is 5.41 Å². The third kappa shape index (κ3) is 3.56. The Balaban J connectivity index is 2.18. The highest BCUT2D eigenvalue weighted by molar-refractivity contribution is 9.10. The molecule has 0 saturated carbocycles. The van der Waals surface area contributed by atoms with Gasteiger partial charge in [0, 0.05) is 36.8 Å². The molecule has 0 fully saturated rings. The molecule has 0 aliphatic rings. The van der Waals surface area contributed by atoms with Gasteiger partial charge in [-0.1, -0.05) is 20.8 Å². The minimum Gasteiger partial charge on any atom is -0.366 e. The van der Waals surface area contributed by atoms with Gasteiger partial charge < -0.3 is 5.32 Å². The molecule has 108 valence electrons. The Morgan fingerprint density at radius 3 is 2.55 bits per heavy atom. The molecule has 0 unspecified atom stereocenters. The van der Waals surface area contributed by atoms with E-state index in [2.05, 4.69) is 57.1 Å². The zero-order valence-corrected chi connectivity index (χ0v) is 14.1. The maximum absolute atomic E-state index is 4.58. The molecule has 20 heavy (non-hydrogen) atoms. The second-order valence-electron chi connectivity index (χ2n) is 5.92. The van der Waals surface area contributed by atoms with Gasteiger partial charge in [0.05, 0.1) is 5.69 Å². The number of anilines is 1. The number of aromatic nitrogens is 4. The zero-order valence-electron chi connectivity index (χ0n) is 12.5. The van der Waals surface area contributed by atoms with E-state index in [1.54, 1.807) is 0 Å². The maximum atomic E-state index is 4.58. The standard InChI is InChI=1S/C14H20BrN5/c1-9-10(8-20(5)19-9)7-16-12-6-11(15)17-13(18-12)14(2,3)4/h6,8H,7H2,1-5H3,(H,16,17,18). The molecule has 0 saturated heterocycles. The Kier molecular flexibility index (Phi) is 4.13. The van der Waals surface area contributed by atoms with Gasteiger partial charge in [-0.2, -0.15) is 5.10 Å². The fourth-order valence-corrected chi connectivity index (χ4v) is 2.24. The highest BCUT2D eigenvalue weighted by Gasteiger charge is 2.18. The summed E-state index contributed by atoms with van der Waals surface area (Å²) in [6.45, 7) is 9.01. The van der Waals surface area contributed by atoms with E-state index in [4.69, 9.17) is 0 Å². The lowest BCUT2D eigenvalue weighted by Crippen LogP contribution is -2.17. The molecule has 0 bridgehead atoms. The molecule has 1 N–H and O–H groups in total. The highest BCUT2D eigenvalue weighted by atomic mass is 79.9. The van der Waals surface area contributed by atoms with E-state index in [9.17, 15) is 0 Å². The molecule has 6 heteroatoms. The third-order valence-corrected chi connectivity index (χ3v) is 3.35. The summed E-state index contributed by atoms with van der Waals surface area (Å²) in [4.78, 5) is 9.01. The predicted molar refractivity (Wildman–Crippen MR) is 83.7 cm³/mol. The van der Waals surface area contributed by atoms with Crippen LogP contribution in [0.4, 0.5) is 5.82 Å². The molecule has 2 aromatic heterocycles. The van der Waals surface area contributed by atoms with Crippen LogP contribution >= 0.6 is 15.9 Å². The average Bonchev–Trinajstić information content (AvgIpc) is 2.63. The fourth-order valence-electron chi connectivity index (χ4n) is 1.85. The lowest BCUT2D eigenvalue weighted by Gasteiger charge is -2.17. The van der Waals surface area contributed by atoms with Crippen LogP contribution < -0.4 is 5.32 Å². The van der Waals surface area contributed by atoms with E-state index >= 15 is 0 Å². The number of nitrogens with one attached hydrogen (secondary N) is 1. The molecule has 0 aliphatic heterocycles. The van der Waals surface area contributed by atoms with Gasteiger partial charge in [0.15, 0.2) is 0 Å². The van der Waals surface area contributed by atoms with Crippen molar-refractivity contribution in [2.24, 2.45) is 7.05 Å². The van der Waals surface area contributed by atoms with Gasteiger partial charge in [-0.3, -0.25) is 4.68 Å². The summed E-state index contributed by atoms with van der Waals surface area (Å²) in [5, 5.41) is 7.67. The van der Waals surface area contributed by atoms with Crippen LogP contribution in [-0.4, -0.2) is 19.7 Å². The molecular formula is C14H20BrN5. The number of nitrogens with zero attached hydrogens (tertiary/aromatic N) is 4. The summed E-state index contributed by atoms with van der Waals surface area (Å²) in [7, 11) is 1.93. The topological polar surface area (TPSA) is 55.6 Å². The normalized spacial score (nSPS) is 11.7. The summed E-state index contributed by atoms with van der Waals surface area (Å²) >= 11 is 3.44. The first-order valence-electron chi connectivity index (χ1n) is 6.54. The van der Waals surface area contributed by atoms with E-state index in [0.29, 0.717) is 6.54 Å². The monoisotopic (exact) mass is 337 g/mol. The van der Waals surface area contributed by atoms with Crippen LogP contribution in [0.2, 0.25) is 0 Å². The molecule has 2 heterocycles. The van der Waals surface area contributed by atoms with Crippen molar-refractivity contribution in [3.8, 4) is 0 Å². The van der Waals surface area contributed by atoms with Gasteiger partial charge >= 0.3 is 0 Å². The van der Waals surface area contributed by atoms with Crippen molar-refractivity contribution in [2.75, 3.05) is 5.32 Å². The second-order valence-corrected chi connectivity index (χ2v) is 6.73. The van der Waals surface area contributed by atoms with Crippen molar-refractivity contribution in [1.29, 1.82) is 0 Å². The van der Waals surface area contributed by atoms with Gasteiger partial charge in [-0.05, 0) is 22.9 Å². The Labute approximate surface area is 128 Å². The lowest BCUT2D eigenvalue weighted by molar-refractivity contribution is 0.544. The van der Waals surface area contributed by atoms with E-state index in [0.717, 1.165) is 21.9 Å². The molecule has 2 aromatic rings. The van der Waals surface area contributed by atoms with E-state index in [1.165, 1.54) is 5.56 Å². The number of hydrogen-bond donors (Lipinski definition) is 1. The lowest BCUT2D eigenvalue weighted by atomic mass is 9.96. The van der Waals surface area contributed by atoms with Crippen molar-refractivity contribution in [2.45, 2.75) is 39.7 Å². The number of aryl methyl sites for hydroxylation is 2. The molecule has 0 aromatic carbocycles. The van der Waals surface area contributed by atoms with Crippen molar-refractivity contribution < 1.29 is 0 Å². The minimum absolute atomic E-state index is 0.0789. The van der Waals surface area contributed by atoms with Crippen LogP contribution in [0, 0.1) is 6.92 Å². The van der Waals surface area contributed by atoms with Crippen LogP contribution in [0.25, 0.3) is 0 Å². The first kappa shape index (κ1) is 15.0. The second kappa shape index (κ2) is 5.52. The Morgan fingerprint density at radius 1 is 1.30 bits per heavy atom. The van der Waals surface area contributed by atoms with Crippen LogP contribution in [0.3, 0.4) is 0 Å². The Morgan fingerprint density at radius 2 is 2.00 bits per heavy atom. The SMILES string of the molecule is Cc1nn(C)cc1CNc1cc(Br)nc(C(C)(C)C)n1. The van der Waals surface area contributed by atoms with Gasteiger partial charge in [-0.15, -0.1) is 0 Å². The highest BCUT2D eigenvalue weighted by Crippen LogP contribution is 2.22. The van der Waals surface area contributed by atoms with Crippen molar-refractivity contribution in [3.05, 3.63) is 33.9 Å². The smallest absolute Gasteiger partial charge is 0.137 e. The molecule has 2 rings (SSSR count). The van der Waals surface area contributed by atoms with Crippen LogP contribution in [0.1, 0.15) is 37.9 Å². The molecule has 0 spiro atoms. The summed E-state index contributed by atoms with van der Waals surface area (Å²) in [6.07, 6.45) is 2.02. The van der Waals surface area contributed by atoms with Crippen LogP contribution in [-0.2, 0) is 19.0 Å². The largest absolute Gasteiger partial charge is 0.366 e. The molecule has 0 radical (unpaired) electrons. The molecular weight excluding hydrogens is 318 g/mol. The van der Waals surface area contributed by atoms with Crippen molar-refractivity contribution >= 4 is 21.7 Å². The van der Waals surface area contributed by atoms with Crippen LogP contribution in [0.15, 0.2) is 16.9 Å². The first-order chi connectivity index (χ1) is 9.25. The first-order valence-corrected chi connectivity index (χ1v) is 7.33. The third-order valence-electron chi connectivity index (χ3n) is 2.94. The summed E-state index contributed by atoms with van der Waals surface area (Å²) < 4.78 is 2.62. The number of halogens is 1. The van der Waals surface area contributed by atoms with Crippen molar-refractivity contribution in [3.63, 3.8) is 0 Å². The zero-order chi connectivity index (χ0) is 14.9. The molecule has 0 atom stereocenters. The summed E-state index contributed by atoms with van der Waals surface area (Å²) in [5.74, 6) is 1.64. The maximum Gasteiger partial charge on any atom is 0.137 e. The molecule has 0 aliphatic carbocycles. The van der Waals surface area contributed by atoms with Gasteiger partial charge in [0.2, 0.25) is 0 Å². The van der Waals surface area contributed by atoms with Gasteiger partial charge in [0.1, 0.15) is 16.2 Å². The number of hydrogen-bond acceptors (Lipinski definition) is 4. The van der Waals surface area contributed by atoms with E-state index in [1.807, 2.05) is 30.9 Å². The number of rotatable bonds is 3. The van der Waals surface area contributed by atoms with Gasteiger partial charge in [0.25, 0.3) is 0 Å². The molecule has 5 nitrogen and oxygen atoms in total. The Hall–Kier alpha value is -1.43. The van der Waals surface area contributed by atoms with Crippen LogP contribution in [0.5, 0.6) is 0 Å². The Bertz CT molecular complexity index is 613. The van der Waals surface area contributed by atoms with Gasteiger partial charge in [-0.25, -0.2) is 9.97 Å². The summed E-state index contributed by atoms with van der Waals surface area (Å²) in [6, 6.07) is 1.89. The summed E-state index contributed by atoms with van der Waals surface area (Å²) in [5.41, 5.74) is 2.12. The van der Waals surface area contributed by atoms with Crippen molar-refractivity contribution in [1.82, 2.24) is 19.7 Å². The van der Waals surface area contributed by atoms with E-state index < -0.39 is 0 Å². The minimum atomic E-state index is -0.0789. The molecule has 0 amide bonds. The predicted octanol–water partition coefficient (Wildman–Crippen LogP) is 3.19. The fraction of sp³-hybridized carbons (Fsp3) is 0.500.